The minimum absolute atomic E-state index is 0.115. The molecule has 5 heteroatoms. The number of nitrogens with one attached hydrogen (secondary N) is 1. The molecule has 0 saturated carbocycles. The van der Waals surface area contributed by atoms with Crippen molar-refractivity contribution in [3.05, 3.63) is 58.7 Å². The number of amides is 1. The third-order valence-corrected chi connectivity index (χ3v) is 5.22. The molecule has 0 aliphatic carbocycles. The zero-order valence-electron chi connectivity index (χ0n) is 17.2. The van der Waals surface area contributed by atoms with Gasteiger partial charge in [0.2, 0.25) is 0 Å². The number of hydrogen-bond acceptors (Lipinski definition) is 4. The van der Waals surface area contributed by atoms with Crippen LogP contribution in [-0.2, 0) is 16.1 Å². The molecule has 1 saturated heterocycles. The van der Waals surface area contributed by atoms with Crippen LogP contribution in [0, 0.1) is 20.8 Å². The number of anilines is 1. The third-order valence-electron chi connectivity index (χ3n) is 5.22. The van der Waals surface area contributed by atoms with E-state index in [4.69, 9.17) is 9.47 Å². The van der Waals surface area contributed by atoms with Gasteiger partial charge in [-0.3, -0.25) is 4.79 Å². The summed E-state index contributed by atoms with van der Waals surface area (Å²) in [6.45, 7) is 11.8. The molecule has 1 fully saturated rings. The molecule has 2 aromatic carbocycles. The van der Waals surface area contributed by atoms with Gasteiger partial charge < -0.3 is 19.7 Å². The third kappa shape index (κ3) is 5.04. The molecule has 1 heterocycles. The molecule has 2 aromatic rings. The van der Waals surface area contributed by atoms with E-state index in [0.717, 1.165) is 48.7 Å². The minimum Gasteiger partial charge on any atom is -0.481 e. The van der Waals surface area contributed by atoms with Gasteiger partial charge in [0.1, 0.15) is 5.75 Å². The highest BCUT2D eigenvalue weighted by Crippen LogP contribution is 2.24. The Morgan fingerprint density at radius 1 is 1.14 bits per heavy atom. The molecule has 1 aliphatic heterocycles. The molecule has 0 spiro atoms. The summed E-state index contributed by atoms with van der Waals surface area (Å²) in [6, 6.07) is 12.4. The van der Waals surface area contributed by atoms with Crippen LogP contribution in [0.5, 0.6) is 5.75 Å². The van der Waals surface area contributed by atoms with E-state index >= 15 is 0 Å². The summed E-state index contributed by atoms with van der Waals surface area (Å²) in [5.41, 5.74) is 5.64. The lowest BCUT2D eigenvalue weighted by atomic mass is 10.1. The van der Waals surface area contributed by atoms with E-state index in [1.807, 2.05) is 19.9 Å². The first-order valence-corrected chi connectivity index (χ1v) is 9.88. The lowest BCUT2D eigenvalue weighted by Crippen LogP contribution is -2.36. The predicted octanol–water partition coefficient (Wildman–Crippen LogP) is 3.53. The Morgan fingerprint density at radius 3 is 2.50 bits per heavy atom. The quantitative estimate of drug-likeness (QED) is 0.830. The number of carbonyl (C=O) groups is 1. The molecule has 1 aliphatic rings. The summed E-state index contributed by atoms with van der Waals surface area (Å²) in [4.78, 5) is 14.8. The summed E-state index contributed by atoms with van der Waals surface area (Å²) >= 11 is 0. The van der Waals surface area contributed by atoms with Gasteiger partial charge in [0.25, 0.3) is 5.91 Å². The molecule has 0 unspecified atom stereocenters. The van der Waals surface area contributed by atoms with Crippen molar-refractivity contribution in [2.45, 2.75) is 40.3 Å². The van der Waals surface area contributed by atoms with Crippen LogP contribution in [0.2, 0.25) is 0 Å². The molecule has 5 nitrogen and oxygen atoms in total. The first kappa shape index (κ1) is 20.2. The second kappa shape index (κ2) is 9.11. The zero-order chi connectivity index (χ0) is 20.1. The molecule has 0 radical (unpaired) electrons. The van der Waals surface area contributed by atoms with E-state index in [2.05, 4.69) is 47.5 Å². The molecule has 1 atom stereocenters. The van der Waals surface area contributed by atoms with Crippen molar-refractivity contribution in [1.29, 1.82) is 0 Å². The number of rotatable bonds is 6. The fourth-order valence-corrected chi connectivity index (χ4v) is 3.35. The monoisotopic (exact) mass is 382 g/mol. The van der Waals surface area contributed by atoms with Crippen LogP contribution in [0.15, 0.2) is 36.4 Å². The van der Waals surface area contributed by atoms with E-state index in [9.17, 15) is 4.79 Å². The van der Waals surface area contributed by atoms with Gasteiger partial charge in [-0.2, -0.15) is 0 Å². The topological polar surface area (TPSA) is 50.8 Å². The average molecular weight is 383 g/mol. The Morgan fingerprint density at radius 2 is 1.82 bits per heavy atom. The normalized spacial score (nSPS) is 15.2. The minimum atomic E-state index is -0.549. The summed E-state index contributed by atoms with van der Waals surface area (Å²) in [6.07, 6.45) is -0.549. The average Bonchev–Trinajstić information content (AvgIpc) is 2.70. The Bertz CT molecular complexity index is 811. The van der Waals surface area contributed by atoms with Crippen molar-refractivity contribution in [3.8, 4) is 5.75 Å². The van der Waals surface area contributed by atoms with Crippen LogP contribution < -0.4 is 15.0 Å². The van der Waals surface area contributed by atoms with Crippen LogP contribution in [0.3, 0.4) is 0 Å². The van der Waals surface area contributed by atoms with Crippen LogP contribution in [-0.4, -0.2) is 38.3 Å². The fraction of sp³-hybridized carbons (Fsp3) is 0.435. The standard InChI is InChI=1S/C23H30N2O3/c1-16-13-17(2)18(3)22(14-16)28-19(4)23(26)24-15-20-5-7-21(8-6-20)25-9-11-27-12-10-25/h5-8,13-14,19H,9-12,15H2,1-4H3,(H,24,26)/t19-/m0/s1. The van der Waals surface area contributed by atoms with E-state index in [1.165, 1.54) is 11.3 Å². The number of nitrogens with zero attached hydrogens (tertiary/aromatic N) is 1. The van der Waals surface area contributed by atoms with Crippen LogP contribution >= 0.6 is 0 Å². The van der Waals surface area contributed by atoms with Gasteiger partial charge in [0.05, 0.1) is 13.2 Å². The Labute approximate surface area is 167 Å². The maximum atomic E-state index is 12.5. The first-order valence-electron chi connectivity index (χ1n) is 9.88. The maximum absolute atomic E-state index is 12.5. The molecule has 3 rings (SSSR count). The van der Waals surface area contributed by atoms with Crippen LogP contribution in [0.4, 0.5) is 5.69 Å². The van der Waals surface area contributed by atoms with Crippen LogP contribution in [0.25, 0.3) is 0 Å². The van der Waals surface area contributed by atoms with E-state index < -0.39 is 6.10 Å². The highest BCUT2D eigenvalue weighted by atomic mass is 16.5. The number of hydrogen-bond donors (Lipinski definition) is 1. The summed E-state index contributed by atoms with van der Waals surface area (Å²) in [7, 11) is 0. The second-order valence-electron chi connectivity index (χ2n) is 7.45. The first-order chi connectivity index (χ1) is 13.4. The summed E-state index contributed by atoms with van der Waals surface area (Å²) in [5.74, 6) is 0.658. The van der Waals surface area contributed by atoms with Crippen molar-refractivity contribution in [1.82, 2.24) is 5.32 Å². The zero-order valence-corrected chi connectivity index (χ0v) is 17.2. The second-order valence-corrected chi connectivity index (χ2v) is 7.45. The predicted molar refractivity (Wildman–Crippen MR) is 112 cm³/mol. The van der Waals surface area contributed by atoms with E-state index in [1.54, 1.807) is 6.92 Å². The largest absolute Gasteiger partial charge is 0.481 e. The Balaban J connectivity index is 1.53. The highest BCUT2D eigenvalue weighted by Gasteiger charge is 2.16. The Hall–Kier alpha value is -2.53. The molecule has 0 aromatic heterocycles. The molecule has 1 N–H and O–H groups in total. The van der Waals surface area contributed by atoms with Gasteiger partial charge >= 0.3 is 0 Å². The molecule has 28 heavy (non-hydrogen) atoms. The lowest BCUT2D eigenvalue weighted by molar-refractivity contribution is -0.127. The van der Waals surface area contributed by atoms with Gasteiger partial charge in [-0.1, -0.05) is 18.2 Å². The van der Waals surface area contributed by atoms with Crippen molar-refractivity contribution >= 4 is 11.6 Å². The fourth-order valence-electron chi connectivity index (χ4n) is 3.35. The van der Waals surface area contributed by atoms with Gasteiger partial charge in [-0.15, -0.1) is 0 Å². The SMILES string of the molecule is Cc1cc(C)c(C)c(O[C@@H](C)C(=O)NCc2ccc(N3CCOCC3)cc2)c1. The highest BCUT2D eigenvalue weighted by molar-refractivity contribution is 5.80. The maximum Gasteiger partial charge on any atom is 0.261 e. The molecule has 1 amide bonds. The molecular weight excluding hydrogens is 352 g/mol. The van der Waals surface area contributed by atoms with Crippen LogP contribution in [0.1, 0.15) is 29.2 Å². The lowest BCUT2D eigenvalue weighted by Gasteiger charge is -2.28. The van der Waals surface area contributed by atoms with Gasteiger partial charge in [0, 0.05) is 25.3 Å². The summed E-state index contributed by atoms with van der Waals surface area (Å²) in [5, 5.41) is 2.97. The van der Waals surface area contributed by atoms with Crippen molar-refractivity contribution < 1.29 is 14.3 Å². The molecular formula is C23H30N2O3. The van der Waals surface area contributed by atoms with E-state index in [0.29, 0.717) is 6.54 Å². The molecule has 150 valence electrons. The smallest absolute Gasteiger partial charge is 0.261 e. The van der Waals surface area contributed by atoms with Gasteiger partial charge in [-0.05, 0) is 68.1 Å². The van der Waals surface area contributed by atoms with Crippen molar-refractivity contribution in [2.75, 3.05) is 31.2 Å². The number of morpholine rings is 1. The summed E-state index contributed by atoms with van der Waals surface area (Å²) < 4.78 is 11.3. The van der Waals surface area contributed by atoms with Gasteiger partial charge in [0.15, 0.2) is 6.10 Å². The number of ether oxygens (including phenoxy) is 2. The van der Waals surface area contributed by atoms with Gasteiger partial charge in [-0.25, -0.2) is 0 Å². The Kier molecular flexibility index (Phi) is 6.57. The number of carbonyl (C=O) groups excluding carboxylic acids is 1. The number of benzene rings is 2. The molecule has 0 bridgehead atoms. The van der Waals surface area contributed by atoms with Crippen molar-refractivity contribution in [3.63, 3.8) is 0 Å². The number of aryl methyl sites for hydroxylation is 2. The van der Waals surface area contributed by atoms with E-state index in [-0.39, 0.29) is 5.91 Å². The van der Waals surface area contributed by atoms with Crippen molar-refractivity contribution in [2.24, 2.45) is 0 Å².